The van der Waals surface area contributed by atoms with Crippen LogP contribution >= 0.6 is 24.2 Å². The van der Waals surface area contributed by atoms with Crippen LogP contribution in [0.15, 0.2) is 77.7 Å². The molecule has 0 spiro atoms. The molecule has 0 aromatic heterocycles. The summed E-state index contributed by atoms with van der Waals surface area (Å²) in [5.74, 6) is 0.852. The zero-order valence-corrected chi connectivity index (χ0v) is 24.5. The second kappa shape index (κ2) is 12.9. The Morgan fingerprint density at radius 1 is 1.05 bits per heavy atom. The number of benzene rings is 3. The molecule has 3 aromatic carbocycles. The molecule has 0 N–H and O–H groups in total. The number of nitrogens with zero attached hydrogens (tertiary/aromatic N) is 3. The van der Waals surface area contributed by atoms with E-state index < -0.39 is 4.75 Å². The molecule has 0 aliphatic carbocycles. The number of piperidine rings is 1. The molecular weight excluding hydrogens is 542 g/mol. The Kier molecular flexibility index (Phi) is 9.57. The summed E-state index contributed by atoms with van der Waals surface area (Å²) in [6.07, 6.45) is 2.68. The van der Waals surface area contributed by atoms with Gasteiger partial charge in [0.1, 0.15) is 5.75 Å². The molecule has 1 amide bonds. The first kappa shape index (κ1) is 29.7. The van der Waals surface area contributed by atoms with Gasteiger partial charge in [0.2, 0.25) is 4.75 Å². The third-order valence-electron chi connectivity index (χ3n) is 7.70. The van der Waals surface area contributed by atoms with Crippen LogP contribution in [0, 0.1) is 24.2 Å². The minimum absolute atomic E-state index is 0. The van der Waals surface area contributed by atoms with Gasteiger partial charge in [-0.1, -0.05) is 65.9 Å². The zero-order valence-electron chi connectivity index (χ0n) is 22.8. The van der Waals surface area contributed by atoms with Crippen molar-refractivity contribution in [2.75, 3.05) is 38.2 Å². The Labute approximate surface area is 246 Å². The van der Waals surface area contributed by atoms with Gasteiger partial charge in [-0.2, -0.15) is 5.26 Å². The third-order valence-corrected chi connectivity index (χ3v) is 9.07. The van der Waals surface area contributed by atoms with E-state index in [0.29, 0.717) is 12.2 Å². The van der Waals surface area contributed by atoms with Gasteiger partial charge in [-0.25, -0.2) is 0 Å². The lowest BCUT2D eigenvalue weighted by molar-refractivity contribution is -0.119. The van der Waals surface area contributed by atoms with Crippen LogP contribution in [0.3, 0.4) is 0 Å². The summed E-state index contributed by atoms with van der Waals surface area (Å²) in [7, 11) is 1.72. The monoisotopic (exact) mass is 575 g/mol. The number of anilines is 1. The molecule has 0 radical (unpaired) electrons. The highest BCUT2D eigenvalue weighted by atomic mass is 35.5. The first-order chi connectivity index (χ1) is 18.9. The van der Waals surface area contributed by atoms with E-state index in [4.69, 9.17) is 4.74 Å². The van der Waals surface area contributed by atoms with Gasteiger partial charge >= 0.3 is 0 Å². The van der Waals surface area contributed by atoms with E-state index in [0.717, 1.165) is 60.8 Å². The van der Waals surface area contributed by atoms with E-state index >= 15 is 0 Å². The van der Waals surface area contributed by atoms with Gasteiger partial charge in [-0.3, -0.25) is 9.59 Å². The quantitative estimate of drug-likeness (QED) is 0.233. The molecule has 6 nitrogen and oxygen atoms in total. The highest BCUT2D eigenvalue weighted by Crippen LogP contribution is 2.50. The van der Waals surface area contributed by atoms with E-state index in [1.165, 1.54) is 17.3 Å². The zero-order chi connectivity index (χ0) is 27.4. The molecule has 5 rings (SSSR count). The predicted octanol–water partition coefficient (Wildman–Crippen LogP) is 6.27. The van der Waals surface area contributed by atoms with Crippen molar-refractivity contribution in [3.8, 4) is 11.8 Å². The second-order valence-electron chi connectivity index (χ2n) is 10.3. The largest absolute Gasteiger partial charge is 0.494 e. The van der Waals surface area contributed by atoms with Crippen LogP contribution in [-0.4, -0.2) is 49.9 Å². The summed E-state index contributed by atoms with van der Waals surface area (Å²) in [6, 6.07) is 25.1. The molecule has 0 bridgehead atoms. The predicted molar refractivity (Wildman–Crippen MR) is 161 cm³/mol. The van der Waals surface area contributed by atoms with E-state index in [-0.39, 0.29) is 30.0 Å². The van der Waals surface area contributed by atoms with E-state index in [2.05, 4.69) is 11.0 Å². The number of para-hydroxylation sites is 1. The molecule has 1 atom stereocenters. The number of fused-ring (bicyclic) bond motifs is 1. The number of likely N-dealkylation sites (N-methyl/N-ethyl adjacent to an activating group) is 1. The van der Waals surface area contributed by atoms with Gasteiger partial charge < -0.3 is 14.5 Å². The number of amides is 1. The number of rotatable bonds is 8. The Morgan fingerprint density at radius 3 is 2.40 bits per heavy atom. The van der Waals surface area contributed by atoms with Crippen molar-refractivity contribution in [3.05, 3.63) is 89.5 Å². The Morgan fingerprint density at radius 2 is 1.73 bits per heavy atom. The first-order valence-electron chi connectivity index (χ1n) is 13.5. The van der Waals surface area contributed by atoms with Crippen molar-refractivity contribution in [1.82, 2.24) is 4.90 Å². The van der Waals surface area contributed by atoms with Gasteiger partial charge in [0.05, 0.1) is 18.4 Å². The SMILES string of the molecule is Cc1ccc(C(=O)C2CCN(CCCOc3ccc(C4(C#N)Sc5ccccc5N(C)C4=O)cc3)CC2)cc1.Cl. The normalized spacial score (nSPS) is 19.3. The minimum atomic E-state index is -1.32. The number of ether oxygens (including phenoxy) is 1. The summed E-state index contributed by atoms with van der Waals surface area (Å²) in [6.45, 7) is 5.39. The molecule has 2 heterocycles. The van der Waals surface area contributed by atoms with Crippen molar-refractivity contribution in [2.45, 2.75) is 35.8 Å². The fraction of sp³-hybridized carbons (Fsp3) is 0.344. The number of aryl methyl sites for hydroxylation is 1. The molecule has 1 unspecified atom stereocenters. The number of carbonyl (C=O) groups excluding carboxylic acids is 2. The van der Waals surface area contributed by atoms with Crippen LogP contribution in [0.4, 0.5) is 5.69 Å². The molecule has 8 heteroatoms. The highest BCUT2D eigenvalue weighted by Gasteiger charge is 2.48. The topological polar surface area (TPSA) is 73.6 Å². The van der Waals surface area contributed by atoms with Crippen LogP contribution in [-0.2, 0) is 9.54 Å². The lowest BCUT2D eigenvalue weighted by Gasteiger charge is -2.36. The third kappa shape index (κ3) is 6.05. The Hall–Kier alpha value is -3.31. The maximum atomic E-state index is 13.3. The number of thioether (sulfide) groups is 1. The van der Waals surface area contributed by atoms with E-state index in [1.54, 1.807) is 11.9 Å². The summed E-state index contributed by atoms with van der Waals surface area (Å²) >= 11 is 1.29. The molecule has 40 heavy (non-hydrogen) atoms. The van der Waals surface area contributed by atoms with Gasteiger partial charge in [-0.15, -0.1) is 12.4 Å². The summed E-state index contributed by atoms with van der Waals surface area (Å²) in [5, 5.41) is 10.1. The average Bonchev–Trinajstić information content (AvgIpc) is 2.98. The minimum Gasteiger partial charge on any atom is -0.494 e. The van der Waals surface area contributed by atoms with Crippen LogP contribution in [0.2, 0.25) is 0 Å². The molecule has 0 saturated carbocycles. The summed E-state index contributed by atoms with van der Waals surface area (Å²) in [5.41, 5.74) is 3.46. The van der Waals surface area contributed by atoms with Gasteiger partial charge in [0.25, 0.3) is 5.91 Å². The van der Waals surface area contributed by atoms with Crippen molar-refractivity contribution >= 4 is 41.5 Å². The first-order valence-corrected chi connectivity index (χ1v) is 14.3. The molecule has 208 valence electrons. The smallest absolute Gasteiger partial charge is 0.262 e. The van der Waals surface area contributed by atoms with Crippen LogP contribution in [0.25, 0.3) is 0 Å². The van der Waals surface area contributed by atoms with Gasteiger partial charge in [0, 0.05) is 30.0 Å². The number of halogens is 1. The van der Waals surface area contributed by atoms with Crippen molar-refractivity contribution in [1.29, 1.82) is 5.26 Å². The Bertz CT molecular complexity index is 1380. The highest BCUT2D eigenvalue weighted by molar-refractivity contribution is 8.01. The van der Waals surface area contributed by atoms with Crippen molar-refractivity contribution in [2.24, 2.45) is 5.92 Å². The summed E-state index contributed by atoms with van der Waals surface area (Å²) in [4.78, 5) is 30.9. The lowest BCUT2D eigenvalue weighted by atomic mass is 9.88. The maximum absolute atomic E-state index is 13.3. The number of hydrogen-bond acceptors (Lipinski definition) is 6. The van der Waals surface area contributed by atoms with E-state index in [1.807, 2.05) is 79.7 Å². The number of carbonyl (C=O) groups is 2. The number of hydrogen-bond donors (Lipinski definition) is 0. The van der Waals surface area contributed by atoms with Crippen LogP contribution in [0.1, 0.15) is 40.7 Å². The molecule has 2 aliphatic heterocycles. The Balaban J connectivity index is 0.00000370. The molecule has 3 aromatic rings. The fourth-order valence-corrected chi connectivity index (χ4v) is 6.64. The molecular formula is C32H34ClN3O3S. The number of ketones is 1. The number of nitriles is 1. The van der Waals surface area contributed by atoms with Crippen molar-refractivity contribution < 1.29 is 14.3 Å². The van der Waals surface area contributed by atoms with Gasteiger partial charge in [-0.05, 0) is 69.1 Å². The van der Waals surface area contributed by atoms with Crippen LogP contribution in [0.5, 0.6) is 5.75 Å². The van der Waals surface area contributed by atoms with E-state index in [9.17, 15) is 14.9 Å². The molecule has 2 aliphatic rings. The number of Topliss-reactive ketones (excluding diaryl/α,β-unsaturated/α-hetero) is 1. The number of likely N-dealkylation sites (tertiary alicyclic amines) is 1. The average molecular weight is 576 g/mol. The van der Waals surface area contributed by atoms with Gasteiger partial charge in [0.15, 0.2) is 5.78 Å². The summed E-state index contributed by atoms with van der Waals surface area (Å²) < 4.78 is 4.65. The van der Waals surface area contributed by atoms with Crippen molar-refractivity contribution in [3.63, 3.8) is 0 Å². The molecule has 1 saturated heterocycles. The lowest BCUT2D eigenvalue weighted by Crippen LogP contribution is -2.45. The fourth-order valence-electron chi connectivity index (χ4n) is 5.33. The molecule has 1 fully saturated rings. The maximum Gasteiger partial charge on any atom is 0.262 e. The standard InChI is InChI=1S/C32H33N3O3S.ClH/c1-23-8-10-24(11-9-23)30(36)25-16-19-35(20-17-25)18-5-21-38-27-14-12-26(13-15-27)32(22-33)31(37)34(2)28-6-3-4-7-29(28)39-32;/h3-4,6-15,25H,5,16-21H2,1-2H3;1H. The second-order valence-corrected chi connectivity index (χ2v) is 11.6. The van der Waals surface area contributed by atoms with Crippen LogP contribution < -0.4 is 9.64 Å².